The summed E-state index contributed by atoms with van der Waals surface area (Å²) >= 11 is 0. The van der Waals surface area contributed by atoms with Crippen LogP contribution in [0.2, 0.25) is 0 Å². The Labute approximate surface area is 201 Å². The lowest BCUT2D eigenvalue weighted by Gasteiger charge is -2.36. The number of aromatic nitrogens is 1. The standard InChI is InChI=1S/C27H23FN4O3/c1-18-2-11-25-23(16-18)24(17-26(29-25)19-3-5-20(28)6-4-19)27(33)31-14-12-30(13-15-31)21-7-9-22(10-8-21)32(34)35/h2-11,16-17H,12-15H2,1H3. The number of benzene rings is 3. The highest BCUT2D eigenvalue weighted by Gasteiger charge is 2.25. The Kier molecular flexibility index (Phi) is 5.86. The highest BCUT2D eigenvalue weighted by atomic mass is 19.1. The first-order valence-electron chi connectivity index (χ1n) is 11.3. The molecule has 0 saturated carbocycles. The van der Waals surface area contributed by atoms with E-state index in [1.54, 1.807) is 30.3 Å². The molecule has 1 aliphatic heterocycles. The summed E-state index contributed by atoms with van der Waals surface area (Å²) in [6.45, 7) is 4.27. The van der Waals surface area contributed by atoms with Gasteiger partial charge < -0.3 is 9.80 Å². The molecule has 1 aliphatic rings. The van der Waals surface area contributed by atoms with Gasteiger partial charge in [-0.1, -0.05) is 11.6 Å². The van der Waals surface area contributed by atoms with Crippen molar-refractivity contribution in [3.63, 3.8) is 0 Å². The van der Waals surface area contributed by atoms with Crippen LogP contribution in [0, 0.1) is 22.9 Å². The molecule has 3 aromatic carbocycles. The third kappa shape index (κ3) is 4.55. The Morgan fingerprint density at radius 2 is 1.63 bits per heavy atom. The summed E-state index contributed by atoms with van der Waals surface area (Å²) in [5, 5.41) is 11.7. The molecule has 1 saturated heterocycles. The molecule has 0 aliphatic carbocycles. The van der Waals surface area contributed by atoms with Crippen LogP contribution in [0.3, 0.4) is 0 Å². The Morgan fingerprint density at radius 3 is 2.29 bits per heavy atom. The molecule has 4 aromatic rings. The number of nitro groups is 1. The van der Waals surface area contributed by atoms with Crippen molar-refractivity contribution in [2.45, 2.75) is 6.92 Å². The highest BCUT2D eigenvalue weighted by Crippen LogP contribution is 2.28. The minimum atomic E-state index is -0.415. The highest BCUT2D eigenvalue weighted by molar-refractivity contribution is 6.07. The molecule has 5 rings (SSSR count). The van der Waals surface area contributed by atoms with Gasteiger partial charge in [-0.05, 0) is 61.5 Å². The molecule has 2 heterocycles. The van der Waals surface area contributed by atoms with Crippen LogP contribution >= 0.6 is 0 Å². The summed E-state index contributed by atoms with van der Waals surface area (Å²) in [6, 6.07) is 20.2. The summed E-state index contributed by atoms with van der Waals surface area (Å²) in [5.41, 5.74) is 4.63. The monoisotopic (exact) mass is 470 g/mol. The average Bonchev–Trinajstić information content (AvgIpc) is 2.88. The predicted octanol–water partition coefficient (Wildman–Crippen LogP) is 5.22. The largest absolute Gasteiger partial charge is 0.368 e. The number of pyridine rings is 1. The van der Waals surface area contributed by atoms with E-state index in [9.17, 15) is 19.3 Å². The van der Waals surface area contributed by atoms with Gasteiger partial charge in [0, 0.05) is 54.9 Å². The van der Waals surface area contributed by atoms with Crippen LogP contribution in [0.25, 0.3) is 22.2 Å². The molecule has 176 valence electrons. The number of carbonyl (C=O) groups excluding carboxylic acids is 1. The van der Waals surface area contributed by atoms with Crippen molar-refractivity contribution < 1.29 is 14.1 Å². The number of fused-ring (bicyclic) bond motifs is 1. The molecule has 1 aromatic heterocycles. The molecule has 0 unspecified atom stereocenters. The van der Waals surface area contributed by atoms with E-state index in [1.807, 2.05) is 30.0 Å². The van der Waals surface area contributed by atoms with Gasteiger partial charge in [0.15, 0.2) is 0 Å². The maximum Gasteiger partial charge on any atom is 0.269 e. The van der Waals surface area contributed by atoms with E-state index in [0.29, 0.717) is 43.0 Å². The van der Waals surface area contributed by atoms with Crippen LogP contribution in [-0.2, 0) is 0 Å². The van der Waals surface area contributed by atoms with Crippen LogP contribution in [-0.4, -0.2) is 46.9 Å². The minimum Gasteiger partial charge on any atom is -0.368 e. The fourth-order valence-corrected chi connectivity index (χ4v) is 4.41. The number of piperazine rings is 1. The topological polar surface area (TPSA) is 79.6 Å². The van der Waals surface area contributed by atoms with Gasteiger partial charge in [0.2, 0.25) is 0 Å². The fourth-order valence-electron chi connectivity index (χ4n) is 4.41. The Morgan fingerprint density at radius 1 is 0.943 bits per heavy atom. The zero-order valence-corrected chi connectivity index (χ0v) is 19.1. The molecule has 35 heavy (non-hydrogen) atoms. The Bertz CT molecular complexity index is 1410. The second-order valence-corrected chi connectivity index (χ2v) is 8.64. The van der Waals surface area contributed by atoms with E-state index in [2.05, 4.69) is 4.90 Å². The molecule has 1 amide bonds. The number of hydrogen-bond donors (Lipinski definition) is 0. The number of rotatable bonds is 4. The van der Waals surface area contributed by atoms with E-state index < -0.39 is 4.92 Å². The van der Waals surface area contributed by atoms with Crippen molar-refractivity contribution in [3.8, 4) is 11.3 Å². The van der Waals surface area contributed by atoms with Crippen LogP contribution in [0.5, 0.6) is 0 Å². The Hall–Kier alpha value is -4.33. The lowest BCUT2D eigenvalue weighted by molar-refractivity contribution is -0.384. The number of nitrogens with zero attached hydrogens (tertiary/aromatic N) is 4. The van der Waals surface area contributed by atoms with Crippen molar-refractivity contribution in [2.75, 3.05) is 31.1 Å². The summed E-state index contributed by atoms with van der Waals surface area (Å²) in [6.07, 6.45) is 0. The van der Waals surface area contributed by atoms with Gasteiger partial charge in [-0.15, -0.1) is 0 Å². The van der Waals surface area contributed by atoms with Gasteiger partial charge in [-0.3, -0.25) is 14.9 Å². The number of aryl methyl sites for hydroxylation is 1. The van der Waals surface area contributed by atoms with E-state index in [1.165, 1.54) is 24.3 Å². The normalized spacial score (nSPS) is 13.8. The van der Waals surface area contributed by atoms with Crippen molar-refractivity contribution in [1.29, 1.82) is 0 Å². The minimum absolute atomic E-state index is 0.0550. The van der Waals surface area contributed by atoms with E-state index in [4.69, 9.17) is 4.98 Å². The molecule has 0 spiro atoms. The van der Waals surface area contributed by atoms with Crippen molar-refractivity contribution in [3.05, 3.63) is 99.9 Å². The molecule has 0 atom stereocenters. The molecule has 0 N–H and O–H groups in total. The number of anilines is 1. The lowest BCUT2D eigenvalue weighted by atomic mass is 10.0. The van der Waals surface area contributed by atoms with Gasteiger partial charge in [-0.2, -0.15) is 0 Å². The number of nitro benzene ring substituents is 1. The second kappa shape index (κ2) is 9.13. The van der Waals surface area contributed by atoms with Crippen LogP contribution in [0.15, 0.2) is 72.8 Å². The molecule has 1 fully saturated rings. The molecule has 8 heteroatoms. The molecule has 7 nitrogen and oxygen atoms in total. The van der Waals surface area contributed by atoms with Crippen LogP contribution in [0.1, 0.15) is 15.9 Å². The van der Waals surface area contributed by atoms with Crippen molar-refractivity contribution in [2.24, 2.45) is 0 Å². The first-order chi connectivity index (χ1) is 16.9. The molecule has 0 radical (unpaired) electrons. The maximum absolute atomic E-state index is 13.7. The molecular weight excluding hydrogens is 447 g/mol. The van der Waals surface area contributed by atoms with Gasteiger partial charge >= 0.3 is 0 Å². The SMILES string of the molecule is Cc1ccc2nc(-c3ccc(F)cc3)cc(C(=O)N3CCN(c4ccc([N+](=O)[O-])cc4)CC3)c2c1. The third-order valence-corrected chi connectivity index (χ3v) is 6.33. The van der Waals surface area contributed by atoms with Crippen molar-refractivity contribution >= 4 is 28.2 Å². The first kappa shape index (κ1) is 22.5. The van der Waals surface area contributed by atoms with E-state index in [-0.39, 0.29) is 17.4 Å². The van der Waals surface area contributed by atoms with Gasteiger partial charge in [0.1, 0.15) is 5.82 Å². The quantitative estimate of drug-likeness (QED) is 0.302. The number of amides is 1. The predicted molar refractivity (Wildman–Crippen MR) is 133 cm³/mol. The van der Waals surface area contributed by atoms with Crippen molar-refractivity contribution in [1.82, 2.24) is 9.88 Å². The van der Waals surface area contributed by atoms with Crippen LogP contribution < -0.4 is 4.90 Å². The number of hydrogen-bond acceptors (Lipinski definition) is 5. The number of non-ortho nitro benzene ring substituents is 1. The average molecular weight is 471 g/mol. The van der Waals surface area contributed by atoms with Gasteiger partial charge in [-0.25, -0.2) is 9.37 Å². The summed E-state index contributed by atoms with van der Waals surface area (Å²) < 4.78 is 13.4. The maximum atomic E-state index is 13.7. The zero-order valence-electron chi connectivity index (χ0n) is 19.1. The number of halogens is 1. The summed E-state index contributed by atoms with van der Waals surface area (Å²) in [5.74, 6) is -0.401. The second-order valence-electron chi connectivity index (χ2n) is 8.64. The van der Waals surface area contributed by atoms with Gasteiger partial charge in [0.05, 0.1) is 21.7 Å². The zero-order chi connectivity index (χ0) is 24.5. The third-order valence-electron chi connectivity index (χ3n) is 6.33. The first-order valence-corrected chi connectivity index (χ1v) is 11.3. The Balaban J connectivity index is 1.41. The summed E-state index contributed by atoms with van der Waals surface area (Å²) in [4.78, 5) is 32.8. The van der Waals surface area contributed by atoms with Gasteiger partial charge in [0.25, 0.3) is 11.6 Å². The van der Waals surface area contributed by atoms with E-state index in [0.717, 1.165) is 22.2 Å². The fraction of sp³-hybridized carbons (Fsp3) is 0.185. The molecule has 0 bridgehead atoms. The van der Waals surface area contributed by atoms with E-state index >= 15 is 0 Å². The summed E-state index contributed by atoms with van der Waals surface area (Å²) in [7, 11) is 0. The van der Waals surface area contributed by atoms with Crippen LogP contribution in [0.4, 0.5) is 15.8 Å². The molecular formula is C27H23FN4O3. The number of carbonyl (C=O) groups is 1. The smallest absolute Gasteiger partial charge is 0.269 e. The lowest BCUT2D eigenvalue weighted by Crippen LogP contribution is -2.48.